The average Bonchev–Trinajstić information content (AvgIpc) is 2.36. The third kappa shape index (κ3) is 2.51. The SMILES string of the molecule is CS(=O)(=O)CC(=O)N1C2CCC1CC(Cl)C2. The molecule has 2 atom stereocenters. The summed E-state index contributed by atoms with van der Waals surface area (Å²) in [7, 11) is -3.23. The lowest BCUT2D eigenvalue weighted by Crippen LogP contribution is -2.48. The molecule has 0 aromatic carbocycles. The predicted molar refractivity (Wildman–Crippen MR) is 62.2 cm³/mol. The van der Waals surface area contributed by atoms with Gasteiger partial charge in [0.2, 0.25) is 5.91 Å². The van der Waals surface area contributed by atoms with E-state index in [0.717, 1.165) is 31.9 Å². The maximum atomic E-state index is 11.9. The zero-order valence-corrected chi connectivity index (χ0v) is 10.8. The number of piperidine rings is 1. The Labute approximate surface area is 101 Å². The molecule has 2 saturated heterocycles. The maximum Gasteiger partial charge on any atom is 0.238 e. The number of sulfone groups is 1. The third-order valence-corrected chi connectivity index (χ3v) is 4.48. The van der Waals surface area contributed by atoms with Crippen LogP contribution in [0.1, 0.15) is 25.7 Å². The van der Waals surface area contributed by atoms with Crippen LogP contribution in [0.15, 0.2) is 0 Å². The van der Waals surface area contributed by atoms with Crippen molar-refractivity contribution >= 4 is 27.3 Å². The van der Waals surface area contributed by atoms with Crippen molar-refractivity contribution < 1.29 is 13.2 Å². The van der Waals surface area contributed by atoms with Gasteiger partial charge in [-0.15, -0.1) is 11.6 Å². The van der Waals surface area contributed by atoms with E-state index in [4.69, 9.17) is 11.6 Å². The van der Waals surface area contributed by atoms with E-state index in [1.807, 2.05) is 0 Å². The topological polar surface area (TPSA) is 54.5 Å². The number of nitrogens with zero attached hydrogens (tertiary/aromatic N) is 1. The van der Waals surface area contributed by atoms with Gasteiger partial charge in [-0.2, -0.15) is 0 Å². The van der Waals surface area contributed by atoms with E-state index in [1.165, 1.54) is 0 Å². The van der Waals surface area contributed by atoms with E-state index in [-0.39, 0.29) is 29.1 Å². The highest BCUT2D eigenvalue weighted by atomic mass is 35.5. The van der Waals surface area contributed by atoms with Gasteiger partial charge in [-0.05, 0) is 25.7 Å². The summed E-state index contributed by atoms with van der Waals surface area (Å²) in [5.74, 6) is -0.619. The van der Waals surface area contributed by atoms with E-state index < -0.39 is 9.84 Å². The molecule has 2 bridgehead atoms. The van der Waals surface area contributed by atoms with Gasteiger partial charge in [-0.25, -0.2) is 8.42 Å². The Morgan fingerprint density at radius 1 is 1.31 bits per heavy atom. The summed E-state index contributed by atoms with van der Waals surface area (Å²) in [6.45, 7) is 0. The monoisotopic (exact) mass is 265 g/mol. The highest BCUT2D eigenvalue weighted by Crippen LogP contribution is 2.37. The molecule has 6 heteroatoms. The Morgan fingerprint density at radius 2 is 1.81 bits per heavy atom. The van der Waals surface area contributed by atoms with Gasteiger partial charge in [0.25, 0.3) is 0 Å². The van der Waals surface area contributed by atoms with Crippen molar-refractivity contribution in [2.45, 2.75) is 43.1 Å². The molecule has 0 saturated carbocycles. The fraction of sp³-hybridized carbons (Fsp3) is 0.900. The van der Waals surface area contributed by atoms with Crippen molar-refractivity contribution in [3.63, 3.8) is 0 Å². The molecular formula is C10H16ClNO3S. The molecule has 2 rings (SSSR count). The number of alkyl halides is 1. The summed E-state index contributed by atoms with van der Waals surface area (Å²) in [6, 6.07) is 0.325. The molecule has 0 radical (unpaired) electrons. The van der Waals surface area contributed by atoms with Crippen LogP contribution in [0.25, 0.3) is 0 Å². The van der Waals surface area contributed by atoms with E-state index in [0.29, 0.717) is 0 Å². The molecule has 1 amide bonds. The highest BCUT2D eigenvalue weighted by molar-refractivity contribution is 7.91. The van der Waals surface area contributed by atoms with Gasteiger partial charge < -0.3 is 4.90 Å². The summed E-state index contributed by atoms with van der Waals surface area (Å²) in [5, 5.41) is 0.139. The number of hydrogen-bond acceptors (Lipinski definition) is 3. The van der Waals surface area contributed by atoms with Crippen LogP contribution in [0.4, 0.5) is 0 Å². The van der Waals surface area contributed by atoms with E-state index in [9.17, 15) is 13.2 Å². The Hall–Kier alpha value is -0.290. The van der Waals surface area contributed by atoms with Crippen molar-refractivity contribution in [1.29, 1.82) is 0 Å². The smallest absolute Gasteiger partial charge is 0.238 e. The Bertz CT molecular complexity index is 381. The number of carbonyl (C=O) groups is 1. The fourth-order valence-electron chi connectivity index (χ4n) is 2.82. The second-order valence-corrected chi connectivity index (χ2v) is 7.58. The summed E-state index contributed by atoms with van der Waals surface area (Å²) < 4.78 is 22.2. The third-order valence-electron chi connectivity index (χ3n) is 3.35. The average molecular weight is 266 g/mol. The number of rotatable bonds is 2. The van der Waals surface area contributed by atoms with Gasteiger partial charge in [0.15, 0.2) is 9.84 Å². The van der Waals surface area contributed by atoms with Crippen LogP contribution >= 0.6 is 11.6 Å². The van der Waals surface area contributed by atoms with Crippen molar-refractivity contribution in [2.24, 2.45) is 0 Å². The van der Waals surface area contributed by atoms with Crippen LogP contribution in [-0.4, -0.2) is 48.7 Å². The Kier molecular flexibility index (Phi) is 3.18. The molecule has 0 spiro atoms. The van der Waals surface area contributed by atoms with Gasteiger partial charge >= 0.3 is 0 Å². The minimum atomic E-state index is -3.23. The minimum absolute atomic E-state index is 0.139. The first kappa shape index (κ1) is 12.2. The summed E-state index contributed by atoms with van der Waals surface area (Å²) in [5.41, 5.74) is 0. The van der Waals surface area contributed by atoms with Gasteiger partial charge in [0.05, 0.1) is 0 Å². The van der Waals surface area contributed by atoms with Crippen LogP contribution in [0, 0.1) is 0 Å². The molecule has 2 fully saturated rings. The molecule has 4 nitrogen and oxygen atoms in total. The van der Waals surface area contributed by atoms with Crippen molar-refractivity contribution in [3.05, 3.63) is 0 Å². The molecule has 0 aromatic heterocycles. The van der Waals surface area contributed by atoms with E-state index >= 15 is 0 Å². The van der Waals surface area contributed by atoms with Gasteiger partial charge in [0, 0.05) is 23.7 Å². The molecule has 2 aliphatic heterocycles. The first-order valence-corrected chi connectivity index (χ1v) is 7.99. The molecule has 0 N–H and O–H groups in total. The largest absolute Gasteiger partial charge is 0.336 e. The number of carbonyl (C=O) groups excluding carboxylic acids is 1. The first-order valence-electron chi connectivity index (χ1n) is 5.50. The normalized spacial score (nSPS) is 34.1. The van der Waals surface area contributed by atoms with Crippen molar-refractivity contribution in [3.8, 4) is 0 Å². The minimum Gasteiger partial charge on any atom is -0.336 e. The molecule has 16 heavy (non-hydrogen) atoms. The molecule has 2 heterocycles. The van der Waals surface area contributed by atoms with Crippen LogP contribution < -0.4 is 0 Å². The molecule has 0 aromatic rings. The zero-order valence-electron chi connectivity index (χ0n) is 9.23. The predicted octanol–water partition coefficient (Wildman–Crippen LogP) is 0.792. The molecule has 2 aliphatic rings. The lowest BCUT2D eigenvalue weighted by Gasteiger charge is -2.36. The number of halogens is 1. The molecule has 2 unspecified atom stereocenters. The molecular weight excluding hydrogens is 250 g/mol. The number of fused-ring (bicyclic) bond motifs is 2. The molecule has 0 aliphatic carbocycles. The quantitative estimate of drug-likeness (QED) is 0.694. The Balaban J connectivity index is 2.09. The second-order valence-electron chi connectivity index (χ2n) is 4.82. The first-order chi connectivity index (χ1) is 7.37. The summed E-state index contributed by atoms with van der Waals surface area (Å²) in [4.78, 5) is 13.6. The van der Waals surface area contributed by atoms with Gasteiger partial charge in [-0.3, -0.25) is 4.79 Å². The van der Waals surface area contributed by atoms with Crippen LogP contribution in [0.3, 0.4) is 0 Å². The van der Waals surface area contributed by atoms with Crippen molar-refractivity contribution in [2.75, 3.05) is 12.0 Å². The summed E-state index contributed by atoms with van der Waals surface area (Å²) >= 11 is 6.09. The number of hydrogen-bond donors (Lipinski definition) is 0. The Morgan fingerprint density at radius 3 is 2.25 bits per heavy atom. The van der Waals surface area contributed by atoms with Crippen molar-refractivity contribution in [1.82, 2.24) is 4.90 Å². The lowest BCUT2D eigenvalue weighted by atomic mass is 10.0. The van der Waals surface area contributed by atoms with E-state index in [2.05, 4.69) is 0 Å². The van der Waals surface area contributed by atoms with E-state index in [1.54, 1.807) is 4.90 Å². The van der Waals surface area contributed by atoms with Gasteiger partial charge in [0.1, 0.15) is 5.75 Å². The van der Waals surface area contributed by atoms with Crippen LogP contribution in [0.2, 0.25) is 0 Å². The molecule has 92 valence electrons. The number of amides is 1. The van der Waals surface area contributed by atoms with Crippen LogP contribution in [0.5, 0.6) is 0 Å². The van der Waals surface area contributed by atoms with Crippen LogP contribution in [-0.2, 0) is 14.6 Å². The second kappa shape index (κ2) is 4.18. The fourth-order valence-corrected chi connectivity index (χ4v) is 3.83. The summed E-state index contributed by atoms with van der Waals surface area (Å²) in [6.07, 6.45) is 4.62. The standard InChI is InChI=1S/C10H16ClNO3S/c1-16(14,15)6-10(13)12-8-2-3-9(12)5-7(11)4-8/h7-9H,2-6H2,1H3. The van der Waals surface area contributed by atoms with Gasteiger partial charge in [-0.1, -0.05) is 0 Å². The lowest BCUT2D eigenvalue weighted by molar-refractivity contribution is -0.132. The maximum absolute atomic E-state index is 11.9. The highest BCUT2D eigenvalue weighted by Gasteiger charge is 2.42. The zero-order chi connectivity index (χ0) is 11.9.